The molecule has 1 aromatic carbocycles. The second kappa shape index (κ2) is 5.37. The van der Waals surface area contributed by atoms with Crippen molar-refractivity contribution in [1.82, 2.24) is 4.90 Å². The molecule has 0 aromatic heterocycles. The van der Waals surface area contributed by atoms with Gasteiger partial charge in [0.2, 0.25) is 0 Å². The number of benzene rings is 1. The van der Waals surface area contributed by atoms with Gasteiger partial charge in [0.15, 0.2) is 0 Å². The van der Waals surface area contributed by atoms with E-state index in [1.165, 1.54) is 12.1 Å². The number of aliphatic carboxylic acids is 1. The Bertz CT molecular complexity index is 539. The molecule has 1 aliphatic rings. The van der Waals surface area contributed by atoms with Crippen LogP contribution in [0, 0.1) is 29.0 Å². The summed E-state index contributed by atoms with van der Waals surface area (Å²) in [6.45, 7) is 3.55. The summed E-state index contributed by atoms with van der Waals surface area (Å²) in [6, 6.07) is 6.10. The van der Waals surface area contributed by atoms with Crippen LogP contribution in [0.2, 0.25) is 0 Å². The summed E-state index contributed by atoms with van der Waals surface area (Å²) in [4.78, 5) is 13.0. The summed E-state index contributed by atoms with van der Waals surface area (Å²) in [5.74, 6) is -1.50. The highest BCUT2D eigenvalue weighted by atomic mass is 19.1. The maximum atomic E-state index is 13.0. The molecule has 0 saturated carbocycles. The van der Waals surface area contributed by atoms with E-state index in [9.17, 15) is 9.18 Å². The number of carboxylic acids is 1. The summed E-state index contributed by atoms with van der Waals surface area (Å²) >= 11 is 0. The average molecular weight is 262 g/mol. The maximum Gasteiger partial charge on any atom is 0.308 e. The van der Waals surface area contributed by atoms with Crippen molar-refractivity contribution in [2.75, 3.05) is 13.1 Å². The molecule has 2 unspecified atom stereocenters. The number of nitriles is 1. The van der Waals surface area contributed by atoms with Crippen molar-refractivity contribution in [3.8, 4) is 6.07 Å². The number of halogens is 1. The molecule has 0 amide bonds. The molecule has 5 heteroatoms. The second-order valence-electron chi connectivity index (χ2n) is 5.03. The van der Waals surface area contributed by atoms with Crippen LogP contribution in [0.1, 0.15) is 18.1 Å². The van der Waals surface area contributed by atoms with E-state index in [1.807, 2.05) is 17.9 Å². The molecule has 1 aromatic rings. The van der Waals surface area contributed by atoms with Crippen molar-refractivity contribution in [2.45, 2.75) is 13.5 Å². The fraction of sp³-hybridized carbons (Fsp3) is 0.429. The molecule has 2 atom stereocenters. The summed E-state index contributed by atoms with van der Waals surface area (Å²) in [6.07, 6.45) is 0. The fourth-order valence-electron chi connectivity index (χ4n) is 2.55. The van der Waals surface area contributed by atoms with Crippen LogP contribution >= 0.6 is 0 Å². The van der Waals surface area contributed by atoms with Crippen molar-refractivity contribution in [1.29, 1.82) is 5.26 Å². The molecule has 0 spiro atoms. The van der Waals surface area contributed by atoms with E-state index < -0.39 is 11.8 Å². The third-order valence-electron chi connectivity index (χ3n) is 3.59. The molecule has 1 N–H and O–H groups in total. The molecule has 0 bridgehead atoms. The van der Waals surface area contributed by atoms with Gasteiger partial charge in [0.05, 0.1) is 17.6 Å². The van der Waals surface area contributed by atoms with Crippen LogP contribution in [0.25, 0.3) is 0 Å². The highest BCUT2D eigenvalue weighted by Crippen LogP contribution is 2.25. The molecule has 1 saturated heterocycles. The third kappa shape index (κ3) is 2.91. The van der Waals surface area contributed by atoms with Crippen molar-refractivity contribution < 1.29 is 14.3 Å². The Morgan fingerprint density at radius 1 is 1.58 bits per heavy atom. The van der Waals surface area contributed by atoms with Crippen LogP contribution in [0.4, 0.5) is 4.39 Å². The molecular weight excluding hydrogens is 247 g/mol. The van der Waals surface area contributed by atoms with E-state index in [4.69, 9.17) is 10.4 Å². The smallest absolute Gasteiger partial charge is 0.308 e. The highest BCUT2D eigenvalue weighted by molar-refractivity contribution is 5.71. The van der Waals surface area contributed by atoms with Gasteiger partial charge in [-0.3, -0.25) is 9.69 Å². The maximum absolute atomic E-state index is 13.0. The lowest BCUT2D eigenvalue weighted by molar-refractivity contribution is -0.142. The number of nitrogens with zero attached hydrogens (tertiary/aromatic N) is 2. The van der Waals surface area contributed by atoms with E-state index in [2.05, 4.69) is 0 Å². The second-order valence-corrected chi connectivity index (χ2v) is 5.03. The lowest BCUT2D eigenvalue weighted by Crippen LogP contribution is -2.23. The first-order valence-corrected chi connectivity index (χ1v) is 6.15. The van der Waals surface area contributed by atoms with Crippen LogP contribution < -0.4 is 0 Å². The van der Waals surface area contributed by atoms with Crippen LogP contribution in [0.3, 0.4) is 0 Å². The highest BCUT2D eigenvalue weighted by Gasteiger charge is 2.34. The van der Waals surface area contributed by atoms with Crippen LogP contribution in [0.5, 0.6) is 0 Å². The van der Waals surface area contributed by atoms with Gasteiger partial charge < -0.3 is 5.11 Å². The SMILES string of the molecule is CC1CN(Cc2ccc(F)cc2C#N)CC1C(=O)O. The van der Waals surface area contributed by atoms with Crippen LogP contribution in [-0.4, -0.2) is 29.1 Å². The summed E-state index contributed by atoms with van der Waals surface area (Å²) in [7, 11) is 0. The minimum absolute atomic E-state index is 0.0866. The molecule has 4 nitrogen and oxygen atoms in total. The number of likely N-dealkylation sites (tertiary alicyclic amines) is 1. The molecule has 19 heavy (non-hydrogen) atoms. The van der Waals surface area contributed by atoms with Crippen molar-refractivity contribution in [3.63, 3.8) is 0 Å². The molecular formula is C14H15FN2O2. The molecule has 0 aliphatic carbocycles. The topological polar surface area (TPSA) is 64.3 Å². The van der Waals surface area contributed by atoms with Gasteiger partial charge in [-0.15, -0.1) is 0 Å². The van der Waals surface area contributed by atoms with E-state index in [0.29, 0.717) is 25.2 Å². The molecule has 2 rings (SSSR count). The number of carboxylic acid groups (broad SMARTS) is 1. The lowest BCUT2D eigenvalue weighted by Gasteiger charge is -2.16. The molecule has 1 aliphatic heterocycles. The largest absolute Gasteiger partial charge is 0.481 e. The summed E-state index contributed by atoms with van der Waals surface area (Å²) in [5, 5.41) is 18.1. The van der Waals surface area contributed by atoms with Gasteiger partial charge in [-0.2, -0.15) is 5.26 Å². The van der Waals surface area contributed by atoms with Gasteiger partial charge in [0, 0.05) is 19.6 Å². The van der Waals surface area contributed by atoms with E-state index in [0.717, 1.165) is 5.56 Å². The monoisotopic (exact) mass is 262 g/mol. The van der Waals surface area contributed by atoms with Gasteiger partial charge in [0.25, 0.3) is 0 Å². The van der Waals surface area contributed by atoms with E-state index >= 15 is 0 Å². The van der Waals surface area contributed by atoms with Gasteiger partial charge in [-0.1, -0.05) is 13.0 Å². The Labute approximate surface area is 111 Å². The van der Waals surface area contributed by atoms with Crippen molar-refractivity contribution >= 4 is 5.97 Å². The predicted octanol–water partition coefficient (Wildman–Crippen LogP) is 1.85. The first-order chi connectivity index (χ1) is 9.01. The van der Waals surface area contributed by atoms with E-state index in [-0.39, 0.29) is 11.8 Å². The van der Waals surface area contributed by atoms with Gasteiger partial charge in [-0.25, -0.2) is 4.39 Å². The Hall–Kier alpha value is -1.93. The number of hydrogen-bond donors (Lipinski definition) is 1. The van der Waals surface area contributed by atoms with Crippen LogP contribution in [-0.2, 0) is 11.3 Å². The number of hydrogen-bond acceptors (Lipinski definition) is 3. The Morgan fingerprint density at radius 3 is 2.89 bits per heavy atom. The Kier molecular flexibility index (Phi) is 3.82. The quantitative estimate of drug-likeness (QED) is 0.903. The zero-order chi connectivity index (χ0) is 14.0. The van der Waals surface area contributed by atoms with Gasteiger partial charge in [-0.05, 0) is 23.6 Å². The lowest BCUT2D eigenvalue weighted by atomic mass is 9.99. The van der Waals surface area contributed by atoms with Crippen LogP contribution in [0.15, 0.2) is 18.2 Å². The number of rotatable bonds is 3. The van der Waals surface area contributed by atoms with Crippen molar-refractivity contribution in [3.05, 3.63) is 35.1 Å². The normalized spacial score (nSPS) is 23.2. The Balaban J connectivity index is 2.11. The predicted molar refractivity (Wildman–Crippen MR) is 66.7 cm³/mol. The third-order valence-corrected chi connectivity index (χ3v) is 3.59. The van der Waals surface area contributed by atoms with Gasteiger partial charge >= 0.3 is 5.97 Å². The first kappa shape index (κ1) is 13.5. The van der Waals surface area contributed by atoms with E-state index in [1.54, 1.807) is 6.07 Å². The van der Waals surface area contributed by atoms with Gasteiger partial charge in [0.1, 0.15) is 5.82 Å². The van der Waals surface area contributed by atoms with Crippen molar-refractivity contribution in [2.24, 2.45) is 11.8 Å². The minimum Gasteiger partial charge on any atom is -0.481 e. The molecule has 1 heterocycles. The fourth-order valence-corrected chi connectivity index (χ4v) is 2.55. The molecule has 100 valence electrons. The standard InChI is InChI=1S/C14H15FN2O2/c1-9-6-17(8-13(9)14(18)19)7-10-2-3-12(15)4-11(10)5-16/h2-4,9,13H,6-8H2,1H3,(H,18,19). The Morgan fingerprint density at radius 2 is 2.32 bits per heavy atom. The summed E-state index contributed by atoms with van der Waals surface area (Å²) < 4.78 is 13.0. The zero-order valence-corrected chi connectivity index (χ0v) is 10.6. The number of carbonyl (C=O) groups is 1. The average Bonchev–Trinajstić information content (AvgIpc) is 2.72. The molecule has 0 radical (unpaired) electrons. The summed E-state index contributed by atoms with van der Waals surface area (Å²) in [5.41, 5.74) is 1.05. The first-order valence-electron chi connectivity index (χ1n) is 6.15. The zero-order valence-electron chi connectivity index (χ0n) is 10.6. The minimum atomic E-state index is -0.783. The molecule has 1 fully saturated rings.